The number of hydrogen-bond acceptors (Lipinski definition) is 4. The smallest absolute Gasteiger partial charge is 0.305 e. The monoisotopic (exact) mass is 430 g/mol. The molecule has 0 radical (unpaired) electrons. The van der Waals surface area contributed by atoms with E-state index in [-0.39, 0.29) is 31.4 Å². The Morgan fingerprint density at radius 1 is 0.821 bits per heavy atom. The van der Waals surface area contributed by atoms with Crippen LogP contribution in [0, 0.1) is 0 Å². The number of esters is 2. The van der Waals surface area contributed by atoms with E-state index in [0.717, 1.165) is 18.4 Å². The van der Waals surface area contributed by atoms with Gasteiger partial charge in [-0.05, 0) is 30.5 Å². The van der Waals surface area contributed by atoms with Crippen molar-refractivity contribution in [3.63, 3.8) is 0 Å². The molecule has 0 aliphatic rings. The average molecular weight is 431 g/mol. The van der Waals surface area contributed by atoms with E-state index < -0.39 is 0 Å². The third-order valence-electron chi connectivity index (χ3n) is 4.42. The minimum atomic E-state index is -0.315. The molecular weight excluding hydrogens is 399 g/mol. The molecule has 0 N–H and O–H groups in total. The Kier molecular flexibility index (Phi) is 13.8. The first-order valence-corrected chi connectivity index (χ1v) is 11.0. The van der Waals surface area contributed by atoms with Gasteiger partial charge in [-0.2, -0.15) is 0 Å². The average Bonchev–Trinajstić information content (AvgIpc) is 2.65. The molecule has 28 heavy (non-hydrogen) atoms. The summed E-state index contributed by atoms with van der Waals surface area (Å²) in [6.07, 6.45) is 9.73. The molecule has 6 heteroatoms. The van der Waals surface area contributed by atoms with Crippen molar-refractivity contribution in [3.05, 3.63) is 33.8 Å². The van der Waals surface area contributed by atoms with E-state index in [0.29, 0.717) is 29.5 Å². The fraction of sp³-hybridized carbons (Fsp3) is 0.636. The quantitative estimate of drug-likeness (QED) is 0.234. The lowest BCUT2D eigenvalue weighted by molar-refractivity contribution is -0.145. The van der Waals surface area contributed by atoms with E-state index in [2.05, 4.69) is 6.92 Å². The molecule has 158 valence electrons. The molecule has 0 spiro atoms. The summed E-state index contributed by atoms with van der Waals surface area (Å²) in [5, 5.41) is 1.14. The normalized spacial score (nSPS) is 10.7. The Balaban J connectivity index is 1.99. The Labute approximate surface area is 178 Å². The number of carbonyl (C=O) groups is 2. The minimum Gasteiger partial charge on any atom is -0.466 e. The van der Waals surface area contributed by atoms with Crippen LogP contribution in [-0.4, -0.2) is 25.2 Å². The summed E-state index contributed by atoms with van der Waals surface area (Å²) >= 11 is 11.9. The topological polar surface area (TPSA) is 52.6 Å². The Hall–Kier alpha value is -1.26. The Morgan fingerprint density at radius 3 is 2.07 bits per heavy atom. The van der Waals surface area contributed by atoms with Crippen LogP contribution in [-0.2, 0) is 25.5 Å². The molecule has 1 aromatic rings. The predicted molar refractivity (Wildman–Crippen MR) is 114 cm³/mol. The number of ether oxygens (including phenoxy) is 2. The summed E-state index contributed by atoms with van der Waals surface area (Å²) in [6.45, 7) is 2.93. The van der Waals surface area contributed by atoms with Crippen LogP contribution in [0.1, 0.15) is 76.7 Å². The van der Waals surface area contributed by atoms with Crippen LogP contribution in [0.3, 0.4) is 0 Å². The number of benzene rings is 1. The summed E-state index contributed by atoms with van der Waals surface area (Å²) < 4.78 is 10.4. The molecule has 0 saturated heterocycles. The molecule has 0 atom stereocenters. The van der Waals surface area contributed by atoms with Crippen LogP contribution >= 0.6 is 23.2 Å². The molecule has 1 aromatic carbocycles. The summed E-state index contributed by atoms with van der Waals surface area (Å²) in [7, 11) is 0. The van der Waals surface area contributed by atoms with Crippen LogP contribution in [0.4, 0.5) is 0 Å². The van der Waals surface area contributed by atoms with Gasteiger partial charge in [-0.15, -0.1) is 0 Å². The van der Waals surface area contributed by atoms with Gasteiger partial charge in [0.1, 0.15) is 0 Å². The van der Waals surface area contributed by atoms with Gasteiger partial charge in [-0.1, -0.05) is 74.7 Å². The molecular formula is C22H32Cl2O4. The number of carbonyl (C=O) groups excluding carboxylic acids is 2. The van der Waals surface area contributed by atoms with E-state index in [1.807, 2.05) is 6.07 Å². The zero-order valence-corrected chi connectivity index (χ0v) is 18.3. The lowest BCUT2D eigenvalue weighted by Gasteiger charge is -2.07. The molecule has 0 fully saturated rings. The van der Waals surface area contributed by atoms with Crippen molar-refractivity contribution in [1.29, 1.82) is 0 Å². The van der Waals surface area contributed by atoms with E-state index in [4.69, 9.17) is 32.7 Å². The summed E-state index contributed by atoms with van der Waals surface area (Å²) in [6, 6.07) is 5.24. The van der Waals surface area contributed by atoms with E-state index in [1.54, 1.807) is 12.1 Å². The third kappa shape index (κ3) is 12.2. The maximum Gasteiger partial charge on any atom is 0.305 e. The van der Waals surface area contributed by atoms with Crippen molar-refractivity contribution >= 4 is 35.1 Å². The van der Waals surface area contributed by atoms with Gasteiger partial charge in [0.25, 0.3) is 0 Å². The second kappa shape index (κ2) is 15.6. The summed E-state index contributed by atoms with van der Waals surface area (Å²) in [5.41, 5.74) is 0.882. The molecule has 0 bridgehead atoms. The van der Waals surface area contributed by atoms with Crippen LogP contribution in [0.15, 0.2) is 18.2 Å². The zero-order chi connectivity index (χ0) is 20.6. The standard InChI is InChI=1S/C22H32Cl2O4/c1-2-3-4-5-6-7-8-15-27-21(25)10-9-11-22(26)28-16-14-18-12-13-19(23)17-20(18)24/h12-13,17H,2-11,14-16H2,1H3. The largest absolute Gasteiger partial charge is 0.466 e. The van der Waals surface area contributed by atoms with Crippen LogP contribution in [0.2, 0.25) is 10.0 Å². The number of halogens is 2. The Bertz CT molecular complexity index is 590. The van der Waals surface area contributed by atoms with Crippen molar-refractivity contribution < 1.29 is 19.1 Å². The van der Waals surface area contributed by atoms with Gasteiger partial charge >= 0.3 is 11.9 Å². The fourth-order valence-corrected chi connectivity index (χ4v) is 3.27. The van der Waals surface area contributed by atoms with Crippen LogP contribution < -0.4 is 0 Å². The van der Waals surface area contributed by atoms with Crippen molar-refractivity contribution in [1.82, 2.24) is 0 Å². The van der Waals surface area contributed by atoms with Crippen molar-refractivity contribution in [3.8, 4) is 0 Å². The first kappa shape index (κ1) is 24.8. The molecule has 0 amide bonds. The van der Waals surface area contributed by atoms with Crippen molar-refractivity contribution in [2.75, 3.05) is 13.2 Å². The summed E-state index contributed by atoms with van der Waals surface area (Å²) in [4.78, 5) is 23.4. The first-order chi connectivity index (χ1) is 13.5. The van der Waals surface area contributed by atoms with E-state index in [1.165, 1.54) is 32.1 Å². The Morgan fingerprint density at radius 2 is 1.43 bits per heavy atom. The minimum absolute atomic E-state index is 0.209. The first-order valence-electron chi connectivity index (χ1n) is 10.3. The second-order valence-electron chi connectivity index (χ2n) is 6.90. The molecule has 0 aliphatic heterocycles. The number of hydrogen-bond donors (Lipinski definition) is 0. The van der Waals surface area contributed by atoms with Crippen LogP contribution in [0.5, 0.6) is 0 Å². The molecule has 0 aromatic heterocycles. The highest BCUT2D eigenvalue weighted by molar-refractivity contribution is 6.35. The van der Waals surface area contributed by atoms with Gasteiger partial charge in [0.15, 0.2) is 0 Å². The predicted octanol–water partition coefficient (Wildman–Crippen LogP) is 6.54. The molecule has 4 nitrogen and oxygen atoms in total. The SMILES string of the molecule is CCCCCCCCCOC(=O)CCCC(=O)OCCc1ccc(Cl)cc1Cl. The van der Waals surface area contributed by atoms with E-state index in [9.17, 15) is 9.59 Å². The molecule has 0 heterocycles. The van der Waals surface area contributed by atoms with Gasteiger partial charge in [0, 0.05) is 29.3 Å². The van der Waals surface area contributed by atoms with Gasteiger partial charge in [0.2, 0.25) is 0 Å². The van der Waals surface area contributed by atoms with Gasteiger partial charge in [-0.25, -0.2) is 0 Å². The molecule has 0 aliphatic carbocycles. The maximum atomic E-state index is 11.7. The fourth-order valence-electron chi connectivity index (χ4n) is 2.77. The number of rotatable bonds is 15. The molecule has 0 saturated carbocycles. The van der Waals surface area contributed by atoms with E-state index >= 15 is 0 Å². The van der Waals surface area contributed by atoms with Gasteiger partial charge in [0.05, 0.1) is 13.2 Å². The molecule has 0 unspecified atom stereocenters. The summed E-state index contributed by atoms with van der Waals surface area (Å²) in [5.74, 6) is -0.559. The van der Waals surface area contributed by atoms with Crippen molar-refractivity contribution in [2.45, 2.75) is 77.6 Å². The highest BCUT2D eigenvalue weighted by Crippen LogP contribution is 2.21. The highest BCUT2D eigenvalue weighted by Gasteiger charge is 2.08. The lowest BCUT2D eigenvalue weighted by atomic mass is 10.1. The van der Waals surface area contributed by atoms with Crippen molar-refractivity contribution in [2.24, 2.45) is 0 Å². The maximum absolute atomic E-state index is 11.7. The van der Waals surface area contributed by atoms with Crippen LogP contribution in [0.25, 0.3) is 0 Å². The van der Waals surface area contributed by atoms with Gasteiger partial charge in [-0.3, -0.25) is 9.59 Å². The highest BCUT2D eigenvalue weighted by atomic mass is 35.5. The third-order valence-corrected chi connectivity index (χ3v) is 5.01. The lowest BCUT2D eigenvalue weighted by Crippen LogP contribution is -2.10. The molecule has 1 rings (SSSR count). The van der Waals surface area contributed by atoms with Gasteiger partial charge < -0.3 is 9.47 Å². The number of unbranched alkanes of at least 4 members (excludes halogenated alkanes) is 6. The zero-order valence-electron chi connectivity index (χ0n) is 16.8. The second-order valence-corrected chi connectivity index (χ2v) is 7.75.